The topological polar surface area (TPSA) is 38.0 Å². The Kier molecular flexibility index (Phi) is 4.11. The molecule has 0 spiro atoms. The van der Waals surface area contributed by atoms with Crippen LogP contribution in [0, 0.1) is 0 Å². The molecule has 5 heteroatoms. The first kappa shape index (κ1) is 12.0. The summed E-state index contributed by atoms with van der Waals surface area (Å²) in [5.74, 6) is 4.85. The Hall–Kier alpha value is -1.07. The molecule has 0 aliphatic carbocycles. The number of benzene rings is 1. The van der Waals surface area contributed by atoms with Crippen LogP contribution in [-0.4, -0.2) is 12.2 Å². The quantitative estimate of drug-likeness (QED) is 0.599. The van der Waals surface area contributed by atoms with Crippen LogP contribution in [0.15, 0.2) is 30.3 Å². The largest absolute Gasteiger partial charge is 0.405 e. The number of hydrogen-bond donors (Lipinski definition) is 2. The van der Waals surface area contributed by atoms with E-state index in [9.17, 15) is 13.2 Å². The molecule has 0 saturated carbocycles. The number of alkyl halides is 3. The predicted molar refractivity (Wildman–Crippen MR) is 51.9 cm³/mol. The number of hydrazine groups is 1. The lowest BCUT2D eigenvalue weighted by molar-refractivity contribution is -0.157. The smallest absolute Gasteiger partial charge is 0.271 e. The summed E-state index contributed by atoms with van der Waals surface area (Å²) in [6.45, 7) is 0. The summed E-state index contributed by atoms with van der Waals surface area (Å²) < 4.78 is 36.8. The van der Waals surface area contributed by atoms with Gasteiger partial charge in [0, 0.05) is 0 Å². The second-order valence-corrected chi connectivity index (χ2v) is 3.29. The molecule has 0 bridgehead atoms. The van der Waals surface area contributed by atoms with Crippen LogP contribution in [-0.2, 0) is 6.42 Å². The van der Waals surface area contributed by atoms with Crippen LogP contribution in [0.3, 0.4) is 0 Å². The molecule has 0 radical (unpaired) electrons. The Balaban J connectivity index is 2.49. The predicted octanol–water partition coefficient (Wildman–Crippen LogP) is 2.01. The monoisotopic (exact) mass is 218 g/mol. The van der Waals surface area contributed by atoms with Crippen LogP contribution in [0.2, 0.25) is 0 Å². The molecule has 0 heterocycles. The highest BCUT2D eigenvalue weighted by Gasteiger charge is 2.38. The van der Waals surface area contributed by atoms with Crippen molar-refractivity contribution in [1.29, 1.82) is 0 Å². The average Bonchev–Trinajstić information content (AvgIpc) is 2.18. The molecule has 0 saturated heterocycles. The molecule has 0 amide bonds. The fraction of sp³-hybridized carbons (Fsp3) is 0.400. The highest BCUT2D eigenvalue weighted by Crippen LogP contribution is 2.23. The van der Waals surface area contributed by atoms with E-state index in [1.807, 2.05) is 6.07 Å². The molecule has 0 aromatic heterocycles. The molecular weight excluding hydrogens is 205 g/mol. The Morgan fingerprint density at radius 3 is 2.27 bits per heavy atom. The van der Waals surface area contributed by atoms with Gasteiger partial charge in [0.1, 0.15) is 6.04 Å². The molecule has 3 N–H and O–H groups in total. The lowest BCUT2D eigenvalue weighted by Gasteiger charge is -2.18. The molecule has 1 aromatic carbocycles. The summed E-state index contributed by atoms with van der Waals surface area (Å²) in [6.07, 6.45) is -3.98. The van der Waals surface area contributed by atoms with Gasteiger partial charge >= 0.3 is 6.18 Å². The van der Waals surface area contributed by atoms with Crippen molar-refractivity contribution in [2.45, 2.75) is 25.1 Å². The van der Waals surface area contributed by atoms with E-state index in [0.29, 0.717) is 6.42 Å². The highest BCUT2D eigenvalue weighted by atomic mass is 19.4. The first-order valence-corrected chi connectivity index (χ1v) is 4.61. The molecule has 0 aliphatic rings. The van der Waals surface area contributed by atoms with Gasteiger partial charge in [-0.25, -0.2) is 5.43 Å². The molecule has 1 rings (SSSR count). The minimum Gasteiger partial charge on any atom is -0.271 e. The Bertz CT molecular complexity index is 284. The molecule has 2 nitrogen and oxygen atoms in total. The van der Waals surface area contributed by atoms with Gasteiger partial charge in [-0.15, -0.1) is 0 Å². The fourth-order valence-corrected chi connectivity index (χ4v) is 1.30. The van der Waals surface area contributed by atoms with Crippen LogP contribution in [0.25, 0.3) is 0 Å². The molecular formula is C10H13F3N2. The number of halogens is 3. The van der Waals surface area contributed by atoms with E-state index < -0.39 is 12.2 Å². The van der Waals surface area contributed by atoms with Gasteiger partial charge in [-0.2, -0.15) is 13.2 Å². The van der Waals surface area contributed by atoms with Gasteiger partial charge in [0.2, 0.25) is 0 Å². The zero-order valence-corrected chi connectivity index (χ0v) is 8.09. The van der Waals surface area contributed by atoms with E-state index in [4.69, 9.17) is 5.84 Å². The lowest BCUT2D eigenvalue weighted by atomic mass is 10.1. The molecule has 15 heavy (non-hydrogen) atoms. The van der Waals surface area contributed by atoms with Crippen LogP contribution in [0.1, 0.15) is 12.0 Å². The van der Waals surface area contributed by atoms with Crippen LogP contribution < -0.4 is 11.3 Å². The summed E-state index contributed by atoms with van der Waals surface area (Å²) in [6, 6.07) is 7.37. The van der Waals surface area contributed by atoms with Crippen LogP contribution in [0.5, 0.6) is 0 Å². The van der Waals surface area contributed by atoms with E-state index in [2.05, 4.69) is 0 Å². The Morgan fingerprint density at radius 2 is 1.80 bits per heavy atom. The minimum atomic E-state index is -4.29. The summed E-state index contributed by atoms with van der Waals surface area (Å²) in [7, 11) is 0. The maximum Gasteiger partial charge on any atom is 0.405 e. The molecule has 0 aliphatic heterocycles. The molecule has 84 valence electrons. The highest BCUT2D eigenvalue weighted by molar-refractivity contribution is 5.14. The normalized spacial score (nSPS) is 13.9. The third-order valence-electron chi connectivity index (χ3n) is 2.16. The van der Waals surface area contributed by atoms with E-state index in [0.717, 1.165) is 5.56 Å². The van der Waals surface area contributed by atoms with Gasteiger partial charge in [0.05, 0.1) is 0 Å². The standard InChI is InChI=1S/C10H13F3N2/c11-10(12,13)9(15-14)7-6-8-4-2-1-3-5-8/h1-5,9,15H,6-7,14H2. The molecule has 1 aromatic rings. The minimum absolute atomic E-state index is 0.0516. The van der Waals surface area contributed by atoms with E-state index in [1.54, 1.807) is 29.7 Å². The van der Waals surface area contributed by atoms with Crippen LogP contribution in [0.4, 0.5) is 13.2 Å². The Labute approximate surface area is 86.2 Å². The summed E-state index contributed by atoms with van der Waals surface area (Å²) in [4.78, 5) is 0. The van der Waals surface area contributed by atoms with Gasteiger partial charge in [-0.1, -0.05) is 30.3 Å². The zero-order valence-electron chi connectivity index (χ0n) is 8.09. The third-order valence-corrected chi connectivity index (χ3v) is 2.16. The van der Waals surface area contributed by atoms with E-state index in [-0.39, 0.29) is 6.42 Å². The van der Waals surface area contributed by atoms with E-state index in [1.165, 1.54) is 0 Å². The summed E-state index contributed by atoms with van der Waals surface area (Å²) in [5, 5.41) is 0. The maximum absolute atomic E-state index is 12.3. The average molecular weight is 218 g/mol. The van der Waals surface area contributed by atoms with Crippen molar-refractivity contribution in [2.24, 2.45) is 5.84 Å². The van der Waals surface area contributed by atoms with Gasteiger partial charge in [-0.05, 0) is 18.4 Å². The summed E-state index contributed by atoms with van der Waals surface area (Å²) in [5.41, 5.74) is 2.66. The molecule has 1 unspecified atom stereocenters. The Morgan fingerprint density at radius 1 is 1.20 bits per heavy atom. The van der Waals surface area contributed by atoms with Crippen molar-refractivity contribution in [1.82, 2.24) is 5.43 Å². The third kappa shape index (κ3) is 3.89. The first-order valence-electron chi connectivity index (χ1n) is 4.61. The number of aryl methyl sites for hydroxylation is 1. The number of nitrogens with two attached hydrogens (primary N) is 1. The second-order valence-electron chi connectivity index (χ2n) is 3.29. The van der Waals surface area contributed by atoms with Crippen molar-refractivity contribution in [3.05, 3.63) is 35.9 Å². The number of rotatable bonds is 4. The molecule has 0 fully saturated rings. The SMILES string of the molecule is NNC(CCc1ccccc1)C(F)(F)F. The van der Waals surface area contributed by atoms with Crippen molar-refractivity contribution >= 4 is 0 Å². The zero-order chi connectivity index (χ0) is 11.3. The first-order chi connectivity index (χ1) is 7.04. The van der Waals surface area contributed by atoms with Crippen molar-refractivity contribution in [2.75, 3.05) is 0 Å². The van der Waals surface area contributed by atoms with Gasteiger partial charge in [0.15, 0.2) is 0 Å². The summed E-state index contributed by atoms with van der Waals surface area (Å²) >= 11 is 0. The van der Waals surface area contributed by atoms with Crippen LogP contribution >= 0.6 is 0 Å². The van der Waals surface area contributed by atoms with Crippen molar-refractivity contribution < 1.29 is 13.2 Å². The number of nitrogens with one attached hydrogen (secondary N) is 1. The van der Waals surface area contributed by atoms with Gasteiger partial charge in [-0.3, -0.25) is 5.84 Å². The van der Waals surface area contributed by atoms with Crippen molar-refractivity contribution in [3.63, 3.8) is 0 Å². The van der Waals surface area contributed by atoms with E-state index >= 15 is 0 Å². The van der Waals surface area contributed by atoms with Crippen molar-refractivity contribution in [3.8, 4) is 0 Å². The van der Waals surface area contributed by atoms with Gasteiger partial charge in [0.25, 0.3) is 0 Å². The van der Waals surface area contributed by atoms with Gasteiger partial charge < -0.3 is 0 Å². The molecule has 1 atom stereocenters. The second kappa shape index (κ2) is 5.14. The fourth-order valence-electron chi connectivity index (χ4n) is 1.30. The lowest BCUT2D eigenvalue weighted by Crippen LogP contribution is -2.46. The maximum atomic E-state index is 12.3. The number of hydrogen-bond acceptors (Lipinski definition) is 2.